The minimum absolute atomic E-state index is 0.0582. The summed E-state index contributed by atoms with van der Waals surface area (Å²) in [6.07, 6.45) is -0.281. The van der Waals surface area contributed by atoms with Crippen molar-refractivity contribution in [1.29, 1.82) is 0 Å². The maximum absolute atomic E-state index is 14.8. The Morgan fingerprint density at radius 3 is 2.63 bits per heavy atom. The number of carbonyl (C=O) groups is 1. The van der Waals surface area contributed by atoms with Crippen LogP contribution in [0, 0.1) is 15.9 Å². The third kappa shape index (κ3) is 5.23. The number of pyridine rings is 1. The average molecular weight is 534 g/mol. The van der Waals surface area contributed by atoms with Crippen LogP contribution in [0.4, 0.5) is 26.2 Å². The van der Waals surface area contributed by atoms with Crippen LogP contribution in [-0.4, -0.2) is 77.5 Å². The number of ether oxygens (including phenoxy) is 2. The number of carbonyl (C=O) groups excluding carboxylic acids is 1. The highest BCUT2D eigenvalue weighted by Crippen LogP contribution is 2.39. The molecule has 0 bridgehead atoms. The summed E-state index contributed by atoms with van der Waals surface area (Å²) >= 11 is 0. The van der Waals surface area contributed by atoms with E-state index in [-0.39, 0.29) is 44.0 Å². The van der Waals surface area contributed by atoms with Gasteiger partial charge in [-0.2, -0.15) is 0 Å². The number of piperazine rings is 1. The number of halogens is 1. The molecule has 2 N–H and O–H groups in total. The monoisotopic (exact) mass is 533 g/mol. The predicted molar refractivity (Wildman–Crippen MR) is 137 cm³/mol. The Labute approximate surface area is 218 Å². The average Bonchev–Trinajstić information content (AvgIpc) is 2.85. The number of para-hydroxylation sites is 1. The van der Waals surface area contributed by atoms with Crippen LogP contribution >= 0.6 is 0 Å². The molecule has 2 aromatic rings. The van der Waals surface area contributed by atoms with Crippen molar-refractivity contribution in [3.63, 3.8) is 0 Å². The standard InChI is InChI=1S/C25H32FN5O7/c1-25(2,3)38-24(34)29-10-11-30(15(12-29)14-32)20-16-8-9-28(21-17(26)6-5-7-19(21)37-4)13-18(16)27-23(33)22(20)31(35)36/h5-7,15,32H,8-14H2,1-4H3,(H,27,33)/t15-/m1/s1. The first-order valence-electron chi connectivity index (χ1n) is 12.3. The third-order valence-corrected chi connectivity index (χ3v) is 6.64. The maximum atomic E-state index is 14.8. The number of nitrogens with zero attached hydrogens (tertiary/aromatic N) is 4. The Kier molecular flexibility index (Phi) is 7.49. The zero-order valence-corrected chi connectivity index (χ0v) is 21.8. The Hall–Kier alpha value is -3.87. The van der Waals surface area contributed by atoms with Crippen LogP contribution < -0.4 is 20.1 Å². The van der Waals surface area contributed by atoms with E-state index in [4.69, 9.17) is 9.47 Å². The molecule has 13 heteroatoms. The van der Waals surface area contributed by atoms with Crippen molar-refractivity contribution in [2.75, 3.05) is 49.7 Å². The first-order chi connectivity index (χ1) is 17.9. The second kappa shape index (κ2) is 10.5. The number of benzene rings is 1. The number of H-pyrrole nitrogens is 1. The van der Waals surface area contributed by atoms with Gasteiger partial charge < -0.3 is 34.3 Å². The number of nitro groups is 1. The molecule has 3 heterocycles. The number of aromatic nitrogens is 1. The molecular formula is C25H32FN5O7. The van der Waals surface area contributed by atoms with E-state index >= 15 is 0 Å². The van der Waals surface area contributed by atoms with E-state index in [9.17, 15) is 29.2 Å². The Bertz CT molecular complexity index is 1290. The van der Waals surface area contributed by atoms with Crippen molar-refractivity contribution in [1.82, 2.24) is 9.88 Å². The molecule has 1 atom stereocenters. The first kappa shape index (κ1) is 27.2. The highest BCUT2D eigenvalue weighted by Gasteiger charge is 2.39. The fraction of sp³-hybridized carbons (Fsp3) is 0.520. The van der Waals surface area contributed by atoms with Gasteiger partial charge >= 0.3 is 17.3 Å². The van der Waals surface area contributed by atoms with Gasteiger partial charge in [0.25, 0.3) is 0 Å². The van der Waals surface area contributed by atoms with Gasteiger partial charge in [0.2, 0.25) is 0 Å². The van der Waals surface area contributed by atoms with Crippen molar-refractivity contribution in [3.8, 4) is 5.75 Å². The van der Waals surface area contributed by atoms with Gasteiger partial charge in [-0.3, -0.25) is 14.9 Å². The van der Waals surface area contributed by atoms with Crippen LogP contribution in [-0.2, 0) is 17.7 Å². The van der Waals surface area contributed by atoms with E-state index in [2.05, 4.69) is 4.98 Å². The van der Waals surface area contributed by atoms with Gasteiger partial charge in [0.15, 0.2) is 0 Å². The zero-order chi connectivity index (χ0) is 27.8. The van der Waals surface area contributed by atoms with E-state index in [1.807, 2.05) is 0 Å². The van der Waals surface area contributed by atoms with E-state index in [0.29, 0.717) is 23.6 Å². The molecule has 1 saturated heterocycles. The van der Waals surface area contributed by atoms with Crippen molar-refractivity contribution >= 4 is 23.2 Å². The highest BCUT2D eigenvalue weighted by molar-refractivity contribution is 5.73. The lowest BCUT2D eigenvalue weighted by Crippen LogP contribution is -2.57. The minimum Gasteiger partial charge on any atom is -0.494 e. The third-order valence-electron chi connectivity index (χ3n) is 6.64. The number of aliphatic hydroxyl groups is 1. The molecule has 1 fully saturated rings. The van der Waals surface area contributed by atoms with Crippen molar-refractivity contribution in [3.05, 3.63) is 55.7 Å². The van der Waals surface area contributed by atoms with Crippen molar-refractivity contribution in [2.45, 2.75) is 45.4 Å². The molecule has 0 radical (unpaired) electrons. The topological polar surface area (TPSA) is 141 Å². The number of rotatable bonds is 5. The van der Waals surface area contributed by atoms with Gasteiger partial charge in [-0.05, 0) is 39.3 Å². The molecule has 1 aromatic heterocycles. The summed E-state index contributed by atoms with van der Waals surface area (Å²) in [6.45, 7) is 5.62. The summed E-state index contributed by atoms with van der Waals surface area (Å²) in [6, 6.07) is 3.78. The van der Waals surface area contributed by atoms with Gasteiger partial charge in [-0.25, -0.2) is 9.18 Å². The largest absolute Gasteiger partial charge is 0.494 e. The van der Waals surface area contributed by atoms with E-state index in [0.717, 1.165) is 0 Å². The van der Waals surface area contributed by atoms with Crippen LogP contribution in [0.1, 0.15) is 32.0 Å². The Morgan fingerprint density at radius 2 is 2.00 bits per heavy atom. The van der Waals surface area contributed by atoms with Crippen molar-refractivity contribution < 1.29 is 28.7 Å². The lowest BCUT2D eigenvalue weighted by atomic mass is 9.98. The molecule has 2 aliphatic rings. The van der Waals surface area contributed by atoms with Crippen LogP contribution in [0.5, 0.6) is 5.75 Å². The van der Waals surface area contributed by atoms with Gasteiger partial charge in [0, 0.05) is 37.4 Å². The number of anilines is 2. The van der Waals surface area contributed by atoms with E-state index in [1.165, 1.54) is 24.1 Å². The lowest BCUT2D eigenvalue weighted by molar-refractivity contribution is -0.385. The normalized spacial score (nSPS) is 17.7. The number of methoxy groups -OCH3 is 1. The number of hydrogen-bond acceptors (Lipinski definition) is 9. The Balaban J connectivity index is 1.72. The quantitative estimate of drug-likeness (QED) is 0.438. The second-order valence-electron chi connectivity index (χ2n) is 10.3. The minimum atomic E-state index is -0.891. The second-order valence-corrected chi connectivity index (χ2v) is 10.3. The van der Waals surface area contributed by atoms with E-state index < -0.39 is 46.3 Å². The van der Waals surface area contributed by atoms with Crippen LogP contribution in [0.25, 0.3) is 0 Å². The number of aliphatic hydroxyl groups excluding tert-OH is 1. The molecule has 1 amide bonds. The van der Waals surface area contributed by atoms with Gasteiger partial charge in [-0.1, -0.05) is 6.07 Å². The molecule has 2 aliphatic heterocycles. The summed E-state index contributed by atoms with van der Waals surface area (Å²) in [5.41, 5.74) is -0.898. The summed E-state index contributed by atoms with van der Waals surface area (Å²) in [4.78, 5) is 44.3. The number of hydrogen-bond donors (Lipinski definition) is 2. The molecular weight excluding hydrogens is 501 g/mol. The maximum Gasteiger partial charge on any atom is 0.410 e. The number of aromatic amines is 1. The van der Waals surface area contributed by atoms with Gasteiger partial charge in [0.1, 0.15) is 28.5 Å². The highest BCUT2D eigenvalue weighted by atomic mass is 19.1. The molecule has 206 valence electrons. The Morgan fingerprint density at radius 1 is 1.26 bits per heavy atom. The van der Waals surface area contributed by atoms with Crippen LogP contribution in [0.15, 0.2) is 23.0 Å². The van der Waals surface area contributed by atoms with Crippen molar-refractivity contribution in [2.24, 2.45) is 0 Å². The lowest BCUT2D eigenvalue weighted by Gasteiger charge is -2.43. The van der Waals surface area contributed by atoms with Gasteiger partial charge in [0.05, 0.1) is 31.2 Å². The summed E-state index contributed by atoms with van der Waals surface area (Å²) in [5, 5.41) is 22.2. The molecule has 0 spiro atoms. The molecule has 38 heavy (non-hydrogen) atoms. The summed E-state index contributed by atoms with van der Waals surface area (Å²) in [5.74, 6) is -0.160. The van der Waals surface area contributed by atoms with Crippen LogP contribution in [0.2, 0.25) is 0 Å². The fourth-order valence-corrected chi connectivity index (χ4v) is 5.02. The van der Waals surface area contributed by atoms with E-state index in [1.54, 1.807) is 36.6 Å². The molecule has 1 aromatic carbocycles. The molecule has 12 nitrogen and oxygen atoms in total. The first-order valence-corrected chi connectivity index (χ1v) is 12.3. The fourth-order valence-electron chi connectivity index (χ4n) is 5.02. The SMILES string of the molecule is COc1cccc(F)c1N1CCc2c([nH]c(=O)c([N+](=O)[O-])c2N2CCN(C(=O)OC(C)(C)C)C[C@@H]2CO)C1. The predicted octanol–water partition coefficient (Wildman–Crippen LogP) is 2.41. The summed E-state index contributed by atoms with van der Waals surface area (Å²) in [7, 11) is 1.44. The number of nitrogens with one attached hydrogen (secondary N) is 1. The molecule has 0 aliphatic carbocycles. The zero-order valence-electron chi connectivity index (χ0n) is 21.8. The smallest absolute Gasteiger partial charge is 0.410 e. The number of amides is 1. The summed E-state index contributed by atoms with van der Waals surface area (Å²) < 4.78 is 25.5. The molecule has 4 rings (SSSR count). The molecule has 0 unspecified atom stereocenters. The van der Waals surface area contributed by atoms with Crippen LogP contribution in [0.3, 0.4) is 0 Å². The number of fused-ring (bicyclic) bond motifs is 1. The van der Waals surface area contributed by atoms with Gasteiger partial charge in [-0.15, -0.1) is 0 Å². The molecule has 0 saturated carbocycles.